The fourth-order valence-corrected chi connectivity index (χ4v) is 3.85. The number of benzene rings is 2. The van der Waals surface area contributed by atoms with Crippen LogP contribution in [0.5, 0.6) is 10.9 Å². The zero-order valence-electron chi connectivity index (χ0n) is 19.3. The van der Waals surface area contributed by atoms with Gasteiger partial charge in [-0.1, -0.05) is 41.0 Å². The van der Waals surface area contributed by atoms with E-state index >= 15 is 0 Å². The number of rotatable bonds is 10. The molecule has 1 amide bonds. The van der Waals surface area contributed by atoms with E-state index in [2.05, 4.69) is 25.4 Å². The first-order valence-electron chi connectivity index (χ1n) is 10.8. The molecule has 2 heterocycles. The summed E-state index contributed by atoms with van der Waals surface area (Å²) in [5.74, 6) is 0.410. The molecule has 0 saturated heterocycles. The number of carbonyl (C=O) groups is 1. The Balaban J connectivity index is 1.43. The van der Waals surface area contributed by atoms with Gasteiger partial charge in [0.25, 0.3) is 11.1 Å². The number of amides is 1. The van der Waals surface area contributed by atoms with Crippen molar-refractivity contribution >= 4 is 34.0 Å². The zero-order chi connectivity index (χ0) is 24.6. The number of likely N-dealkylation sites (N-methyl/N-ethyl adjacent to an activating group) is 1. The van der Waals surface area contributed by atoms with Gasteiger partial charge in [0.15, 0.2) is 0 Å². The summed E-state index contributed by atoms with van der Waals surface area (Å²) in [5.41, 5.74) is 2.93. The lowest BCUT2D eigenvalue weighted by Gasteiger charge is -2.13. The molecule has 8 nitrogen and oxygen atoms in total. The predicted molar refractivity (Wildman–Crippen MR) is 137 cm³/mol. The van der Waals surface area contributed by atoms with Crippen molar-refractivity contribution in [2.24, 2.45) is 0 Å². The van der Waals surface area contributed by atoms with E-state index in [1.807, 2.05) is 50.5 Å². The third kappa shape index (κ3) is 6.98. The fraction of sp³-hybridized carbons (Fsp3) is 0.200. The molecule has 0 unspecified atom stereocenters. The largest absolute Gasteiger partial charge is 0.492 e. The Morgan fingerprint density at radius 2 is 1.91 bits per heavy atom. The van der Waals surface area contributed by atoms with Gasteiger partial charge in [-0.2, -0.15) is 0 Å². The molecule has 0 spiro atoms. The molecule has 0 aliphatic rings. The van der Waals surface area contributed by atoms with Gasteiger partial charge in [0, 0.05) is 29.5 Å². The zero-order valence-corrected chi connectivity index (χ0v) is 20.8. The second-order valence-corrected chi connectivity index (χ2v) is 9.22. The smallest absolute Gasteiger partial charge is 0.296 e. The molecule has 2 aromatic heterocycles. The Morgan fingerprint density at radius 3 is 2.71 bits per heavy atom. The summed E-state index contributed by atoms with van der Waals surface area (Å²) in [6.07, 6.45) is 3.24. The van der Waals surface area contributed by atoms with Gasteiger partial charge in [-0.05, 0) is 66.9 Å². The monoisotopic (exact) mass is 509 g/mol. The van der Waals surface area contributed by atoms with Gasteiger partial charge in [-0.25, -0.2) is 0 Å². The summed E-state index contributed by atoms with van der Waals surface area (Å²) < 4.78 is 11.5. The Labute approximate surface area is 212 Å². The van der Waals surface area contributed by atoms with Gasteiger partial charge in [0.05, 0.1) is 5.56 Å². The molecule has 0 atom stereocenters. The average molecular weight is 510 g/mol. The number of anilines is 1. The molecule has 0 aliphatic heterocycles. The number of ether oxygens (including phenoxy) is 2. The van der Waals surface area contributed by atoms with E-state index in [-0.39, 0.29) is 5.91 Å². The van der Waals surface area contributed by atoms with Crippen LogP contribution in [-0.2, 0) is 6.61 Å². The molecule has 35 heavy (non-hydrogen) atoms. The van der Waals surface area contributed by atoms with Crippen LogP contribution in [0.15, 0.2) is 67.0 Å². The van der Waals surface area contributed by atoms with E-state index < -0.39 is 0 Å². The molecule has 180 valence electrons. The molecular formula is C25H24ClN5O3S. The molecule has 0 fully saturated rings. The van der Waals surface area contributed by atoms with Gasteiger partial charge < -0.3 is 14.4 Å². The summed E-state index contributed by atoms with van der Waals surface area (Å²) in [6, 6.07) is 16.6. The van der Waals surface area contributed by atoms with Crippen LogP contribution in [-0.4, -0.2) is 53.2 Å². The molecule has 10 heteroatoms. The van der Waals surface area contributed by atoms with Crippen molar-refractivity contribution < 1.29 is 14.3 Å². The highest BCUT2D eigenvalue weighted by atomic mass is 35.5. The second kappa shape index (κ2) is 11.7. The topological polar surface area (TPSA) is 89.5 Å². The van der Waals surface area contributed by atoms with Crippen LogP contribution in [0.2, 0.25) is 5.02 Å². The quantitative estimate of drug-likeness (QED) is 0.321. The number of hydrogen-bond acceptors (Lipinski definition) is 8. The minimum absolute atomic E-state index is 0.318. The highest BCUT2D eigenvalue weighted by Crippen LogP contribution is 2.28. The summed E-state index contributed by atoms with van der Waals surface area (Å²) in [6.45, 7) is 1.69. The number of hydrogen-bond donors (Lipinski definition) is 1. The number of aromatic nitrogens is 3. The minimum atomic E-state index is -0.318. The molecule has 4 aromatic rings. The number of halogens is 1. The van der Waals surface area contributed by atoms with Crippen molar-refractivity contribution in [2.75, 3.05) is 32.6 Å². The number of nitrogens with zero attached hydrogens (tertiary/aromatic N) is 4. The first-order chi connectivity index (χ1) is 17.0. The average Bonchev–Trinajstić information content (AvgIpc) is 3.31. The fourth-order valence-electron chi connectivity index (χ4n) is 3.13. The minimum Gasteiger partial charge on any atom is -0.492 e. The first-order valence-corrected chi connectivity index (χ1v) is 12.0. The molecule has 0 saturated carbocycles. The SMILES string of the molecule is CN(C)CCOc1cccc(-c2cnccc2C(=O)Nc2nnc(OCc3ccc(Cl)cc3)s2)c1. The van der Waals surface area contributed by atoms with Crippen LogP contribution < -0.4 is 14.8 Å². The maximum atomic E-state index is 13.1. The van der Waals surface area contributed by atoms with Crippen molar-refractivity contribution in [3.05, 3.63) is 83.1 Å². The van der Waals surface area contributed by atoms with Gasteiger partial charge in [-0.3, -0.25) is 15.1 Å². The maximum Gasteiger partial charge on any atom is 0.296 e. The van der Waals surface area contributed by atoms with Gasteiger partial charge in [-0.15, -0.1) is 5.10 Å². The highest BCUT2D eigenvalue weighted by Gasteiger charge is 2.16. The van der Waals surface area contributed by atoms with Crippen LogP contribution in [0, 0.1) is 0 Å². The molecule has 0 radical (unpaired) electrons. The highest BCUT2D eigenvalue weighted by molar-refractivity contribution is 7.17. The van der Waals surface area contributed by atoms with Crippen LogP contribution in [0.3, 0.4) is 0 Å². The van der Waals surface area contributed by atoms with Crippen molar-refractivity contribution in [3.63, 3.8) is 0 Å². The van der Waals surface area contributed by atoms with Crippen LogP contribution in [0.4, 0.5) is 5.13 Å². The van der Waals surface area contributed by atoms with Crippen molar-refractivity contribution in [2.45, 2.75) is 6.61 Å². The van der Waals surface area contributed by atoms with E-state index in [1.54, 1.807) is 30.6 Å². The van der Waals surface area contributed by atoms with Crippen LogP contribution >= 0.6 is 22.9 Å². The van der Waals surface area contributed by atoms with Crippen molar-refractivity contribution in [1.82, 2.24) is 20.1 Å². The lowest BCUT2D eigenvalue weighted by Crippen LogP contribution is -2.19. The van der Waals surface area contributed by atoms with Crippen LogP contribution in [0.1, 0.15) is 15.9 Å². The number of nitrogens with one attached hydrogen (secondary N) is 1. The van der Waals surface area contributed by atoms with Crippen LogP contribution in [0.25, 0.3) is 11.1 Å². The van der Waals surface area contributed by atoms with Gasteiger partial charge in [0.2, 0.25) is 5.13 Å². The molecule has 0 aliphatic carbocycles. The second-order valence-electron chi connectivity index (χ2n) is 7.84. The summed E-state index contributed by atoms with van der Waals surface area (Å²) in [4.78, 5) is 19.3. The molecule has 4 rings (SSSR count). The Morgan fingerprint density at radius 1 is 1.09 bits per heavy atom. The van der Waals surface area contributed by atoms with Crippen molar-refractivity contribution in [1.29, 1.82) is 0 Å². The number of carbonyl (C=O) groups excluding carboxylic acids is 1. The third-order valence-corrected chi connectivity index (χ3v) is 5.92. The Bertz CT molecular complexity index is 1280. The summed E-state index contributed by atoms with van der Waals surface area (Å²) >= 11 is 7.06. The van der Waals surface area contributed by atoms with Crippen molar-refractivity contribution in [3.8, 4) is 22.1 Å². The predicted octanol–water partition coefficient (Wildman–Crippen LogP) is 5.03. The molecule has 1 N–H and O–H groups in total. The summed E-state index contributed by atoms with van der Waals surface area (Å²) in [7, 11) is 3.99. The lowest BCUT2D eigenvalue weighted by atomic mass is 10.0. The molecular weight excluding hydrogens is 486 g/mol. The van der Waals surface area contributed by atoms with E-state index in [4.69, 9.17) is 21.1 Å². The standard InChI is InChI=1S/C25H24ClN5O3S/c1-31(2)12-13-33-20-5-3-4-18(14-20)22-15-27-11-10-21(22)23(32)28-24-29-30-25(35-24)34-16-17-6-8-19(26)9-7-17/h3-11,14-15H,12-13,16H2,1-2H3,(H,28,29,32). The van der Waals surface area contributed by atoms with E-state index in [9.17, 15) is 4.79 Å². The molecule has 2 aromatic carbocycles. The number of pyridine rings is 1. The third-order valence-electron chi connectivity index (χ3n) is 4.92. The van der Waals surface area contributed by atoms with E-state index in [0.29, 0.717) is 39.7 Å². The van der Waals surface area contributed by atoms with Gasteiger partial charge >= 0.3 is 0 Å². The Hall–Kier alpha value is -3.53. The van der Waals surface area contributed by atoms with Gasteiger partial charge in [0.1, 0.15) is 19.0 Å². The molecule has 0 bridgehead atoms. The lowest BCUT2D eigenvalue weighted by molar-refractivity contribution is 0.102. The Kier molecular flexibility index (Phi) is 8.25. The normalized spacial score (nSPS) is 10.9. The van der Waals surface area contributed by atoms with E-state index in [0.717, 1.165) is 34.8 Å². The van der Waals surface area contributed by atoms with E-state index in [1.165, 1.54) is 0 Å². The first kappa shape index (κ1) is 24.6. The summed E-state index contributed by atoms with van der Waals surface area (Å²) in [5, 5.41) is 12.2. The maximum absolute atomic E-state index is 13.1.